The van der Waals surface area contributed by atoms with Crippen LogP contribution in [0.15, 0.2) is 18.2 Å². The van der Waals surface area contributed by atoms with Gasteiger partial charge in [-0.1, -0.05) is 19.9 Å². The Morgan fingerprint density at radius 2 is 2.29 bits per heavy atom. The summed E-state index contributed by atoms with van der Waals surface area (Å²) in [4.78, 5) is 0. The Kier molecular flexibility index (Phi) is 2.55. The second-order valence-electron chi connectivity index (χ2n) is 4.06. The summed E-state index contributed by atoms with van der Waals surface area (Å²) in [6.45, 7) is 5.24. The van der Waals surface area contributed by atoms with Gasteiger partial charge in [-0.05, 0) is 42.1 Å². The van der Waals surface area contributed by atoms with Gasteiger partial charge < -0.3 is 5.32 Å². The van der Waals surface area contributed by atoms with Crippen LogP contribution in [-0.2, 0) is 6.42 Å². The van der Waals surface area contributed by atoms with Gasteiger partial charge in [-0.15, -0.1) is 0 Å². The lowest BCUT2D eigenvalue weighted by molar-refractivity contribution is 0.425. The Hall–Kier alpha value is -0.890. The maximum atomic E-state index is 13.1. The first-order valence-corrected chi connectivity index (χ1v) is 5.24. The van der Waals surface area contributed by atoms with Crippen molar-refractivity contribution in [1.29, 1.82) is 0 Å². The molecule has 2 atom stereocenters. The average molecular weight is 193 g/mol. The van der Waals surface area contributed by atoms with Crippen LogP contribution in [0.25, 0.3) is 0 Å². The Bertz CT molecular complexity index is 335. The minimum Gasteiger partial charge on any atom is -0.310 e. The number of benzene rings is 1. The maximum absolute atomic E-state index is 13.1. The Morgan fingerprint density at radius 1 is 1.50 bits per heavy atom. The molecule has 0 aromatic heterocycles. The molecule has 0 saturated carbocycles. The second kappa shape index (κ2) is 3.70. The molecule has 1 aromatic rings. The van der Waals surface area contributed by atoms with E-state index in [2.05, 4.69) is 19.2 Å². The van der Waals surface area contributed by atoms with Crippen LogP contribution >= 0.6 is 0 Å². The summed E-state index contributed by atoms with van der Waals surface area (Å²) in [7, 11) is 0. The van der Waals surface area contributed by atoms with E-state index in [1.54, 1.807) is 12.1 Å². The van der Waals surface area contributed by atoms with Crippen LogP contribution in [-0.4, -0.2) is 6.54 Å². The van der Waals surface area contributed by atoms with Gasteiger partial charge >= 0.3 is 0 Å². The number of halogens is 1. The third-order valence-electron chi connectivity index (χ3n) is 2.98. The van der Waals surface area contributed by atoms with Gasteiger partial charge in [-0.3, -0.25) is 0 Å². The first-order valence-electron chi connectivity index (χ1n) is 5.24. The van der Waals surface area contributed by atoms with Crippen molar-refractivity contribution in [3.05, 3.63) is 35.1 Å². The van der Waals surface area contributed by atoms with E-state index >= 15 is 0 Å². The highest BCUT2D eigenvalue weighted by Crippen LogP contribution is 2.35. The molecule has 0 amide bonds. The second-order valence-corrected chi connectivity index (χ2v) is 4.06. The van der Waals surface area contributed by atoms with Crippen molar-refractivity contribution in [3.8, 4) is 0 Å². The van der Waals surface area contributed by atoms with E-state index in [0.29, 0.717) is 12.0 Å². The molecule has 14 heavy (non-hydrogen) atoms. The van der Waals surface area contributed by atoms with Crippen LogP contribution in [0.5, 0.6) is 0 Å². The largest absolute Gasteiger partial charge is 0.310 e. The summed E-state index contributed by atoms with van der Waals surface area (Å²) in [6, 6.07) is 5.48. The van der Waals surface area contributed by atoms with Crippen LogP contribution in [0.1, 0.15) is 31.0 Å². The van der Waals surface area contributed by atoms with Gasteiger partial charge in [-0.2, -0.15) is 0 Å². The quantitative estimate of drug-likeness (QED) is 0.761. The molecule has 2 heteroatoms. The predicted molar refractivity (Wildman–Crippen MR) is 55.7 cm³/mol. The summed E-state index contributed by atoms with van der Waals surface area (Å²) in [6.07, 6.45) is 1.06. The van der Waals surface area contributed by atoms with Crippen molar-refractivity contribution >= 4 is 0 Å². The normalized spacial score (nSPS) is 25.1. The fourth-order valence-electron chi connectivity index (χ4n) is 2.34. The van der Waals surface area contributed by atoms with Crippen LogP contribution in [0, 0.1) is 11.7 Å². The Labute approximate surface area is 84.3 Å². The standard InChI is InChI=1S/C12H16FN/c1-3-14-12-8(2)6-9-4-5-10(13)7-11(9)12/h4-5,7-8,12,14H,3,6H2,1-2H3. The van der Waals surface area contributed by atoms with E-state index in [4.69, 9.17) is 0 Å². The smallest absolute Gasteiger partial charge is 0.123 e. The molecule has 0 aliphatic heterocycles. The lowest BCUT2D eigenvalue weighted by Gasteiger charge is -2.17. The van der Waals surface area contributed by atoms with Gasteiger partial charge in [0, 0.05) is 6.04 Å². The summed E-state index contributed by atoms with van der Waals surface area (Å²) < 4.78 is 13.1. The van der Waals surface area contributed by atoms with Gasteiger partial charge in [0.25, 0.3) is 0 Å². The zero-order chi connectivity index (χ0) is 10.1. The van der Waals surface area contributed by atoms with Crippen molar-refractivity contribution in [2.24, 2.45) is 5.92 Å². The van der Waals surface area contributed by atoms with Crippen molar-refractivity contribution < 1.29 is 4.39 Å². The molecular formula is C12H16FN. The van der Waals surface area contributed by atoms with Gasteiger partial charge in [-0.25, -0.2) is 4.39 Å². The van der Waals surface area contributed by atoms with Gasteiger partial charge in [0.2, 0.25) is 0 Å². The molecule has 0 radical (unpaired) electrons. The molecule has 2 rings (SSSR count). The fourth-order valence-corrected chi connectivity index (χ4v) is 2.34. The van der Waals surface area contributed by atoms with E-state index in [1.807, 2.05) is 6.07 Å². The molecule has 0 heterocycles. The first kappa shape index (κ1) is 9.66. The molecule has 0 bridgehead atoms. The molecular weight excluding hydrogens is 177 g/mol. The first-order chi connectivity index (χ1) is 6.72. The van der Waals surface area contributed by atoms with E-state index in [0.717, 1.165) is 18.5 Å². The van der Waals surface area contributed by atoms with Crippen molar-refractivity contribution in [1.82, 2.24) is 5.32 Å². The van der Waals surface area contributed by atoms with Crippen LogP contribution in [0.2, 0.25) is 0 Å². The van der Waals surface area contributed by atoms with Crippen molar-refractivity contribution in [2.45, 2.75) is 26.3 Å². The molecule has 1 aliphatic rings. The third kappa shape index (κ3) is 1.55. The molecule has 1 aliphatic carbocycles. The van der Waals surface area contributed by atoms with Gasteiger partial charge in [0.05, 0.1) is 0 Å². The van der Waals surface area contributed by atoms with Crippen LogP contribution < -0.4 is 5.32 Å². The van der Waals surface area contributed by atoms with Crippen LogP contribution in [0.4, 0.5) is 4.39 Å². The molecule has 1 N–H and O–H groups in total. The van der Waals surface area contributed by atoms with E-state index in [1.165, 1.54) is 5.56 Å². The topological polar surface area (TPSA) is 12.0 Å². The number of rotatable bonds is 2. The third-order valence-corrected chi connectivity index (χ3v) is 2.98. The molecule has 0 fully saturated rings. The lowest BCUT2D eigenvalue weighted by atomic mass is 10.0. The highest BCUT2D eigenvalue weighted by Gasteiger charge is 2.28. The minimum absolute atomic E-state index is 0.124. The zero-order valence-electron chi connectivity index (χ0n) is 8.68. The summed E-state index contributed by atoms with van der Waals surface area (Å²) in [5.74, 6) is 0.451. The fraction of sp³-hybridized carbons (Fsp3) is 0.500. The minimum atomic E-state index is -0.124. The zero-order valence-corrected chi connectivity index (χ0v) is 8.68. The number of hydrogen-bond donors (Lipinski definition) is 1. The van der Waals surface area contributed by atoms with E-state index < -0.39 is 0 Å². The predicted octanol–water partition coefficient (Wildman–Crippen LogP) is 2.67. The maximum Gasteiger partial charge on any atom is 0.123 e. The van der Waals surface area contributed by atoms with Crippen LogP contribution in [0.3, 0.4) is 0 Å². The van der Waals surface area contributed by atoms with Crippen molar-refractivity contribution in [2.75, 3.05) is 6.54 Å². The number of hydrogen-bond acceptors (Lipinski definition) is 1. The highest BCUT2D eigenvalue weighted by atomic mass is 19.1. The number of nitrogens with one attached hydrogen (secondary N) is 1. The average Bonchev–Trinajstić information content (AvgIpc) is 2.45. The molecule has 0 saturated heterocycles. The Balaban J connectivity index is 2.34. The molecule has 1 aromatic carbocycles. The summed E-state index contributed by atoms with van der Waals surface area (Å²) >= 11 is 0. The molecule has 0 spiro atoms. The highest BCUT2D eigenvalue weighted by molar-refractivity contribution is 5.36. The van der Waals surface area contributed by atoms with Gasteiger partial charge in [0.1, 0.15) is 5.82 Å². The lowest BCUT2D eigenvalue weighted by Crippen LogP contribution is -2.23. The van der Waals surface area contributed by atoms with E-state index in [9.17, 15) is 4.39 Å². The Morgan fingerprint density at radius 3 is 3.00 bits per heavy atom. The molecule has 2 unspecified atom stereocenters. The summed E-state index contributed by atoms with van der Waals surface area (Å²) in [5.41, 5.74) is 2.45. The van der Waals surface area contributed by atoms with E-state index in [-0.39, 0.29) is 5.82 Å². The van der Waals surface area contributed by atoms with Crippen molar-refractivity contribution in [3.63, 3.8) is 0 Å². The monoisotopic (exact) mass is 193 g/mol. The molecule has 1 nitrogen and oxygen atoms in total. The molecule has 76 valence electrons. The number of fused-ring (bicyclic) bond motifs is 1. The summed E-state index contributed by atoms with van der Waals surface area (Å²) in [5, 5.41) is 3.41. The SMILES string of the molecule is CCNC1c2cc(F)ccc2CC1C. The van der Waals surface area contributed by atoms with Gasteiger partial charge in [0.15, 0.2) is 0 Å².